The van der Waals surface area contributed by atoms with E-state index in [0.717, 1.165) is 24.8 Å². The molecule has 3 rings (SSSR count). The zero-order chi connectivity index (χ0) is 14.5. The number of aryl methyl sites for hydroxylation is 1. The van der Waals surface area contributed by atoms with Crippen molar-refractivity contribution in [3.63, 3.8) is 0 Å². The zero-order valence-electron chi connectivity index (χ0n) is 12.5. The summed E-state index contributed by atoms with van der Waals surface area (Å²) in [5, 5.41) is 9.75. The number of amides is 1. The van der Waals surface area contributed by atoms with Gasteiger partial charge in [-0.25, -0.2) is 0 Å². The van der Waals surface area contributed by atoms with Crippen molar-refractivity contribution in [2.24, 2.45) is 0 Å². The van der Waals surface area contributed by atoms with Gasteiger partial charge >= 0.3 is 0 Å². The van der Waals surface area contributed by atoms with Crippen molar-refractivity contribution < 1.29 is 9.90 Å². The lowest BCUT2D eigenvalue weighted by Gasteiger charge is -2.50. The molecule has 20 heavy (non-hydrogen) atoms. The van der Waals surface area contributed by atoms with Crippen molar-refractivity contribution in [1.29, 1.82) is 0 Å². The number of hydrogen-bond donors (Lipinski definition) is 1. The highest BCUT2D eigenvalue weighted by molar-refractivity contribution is 5.78. The summed E-state index contributed by atoms with van der Waals surface area (Å²) < 4.78 is 0. The molecule has 0 radical (unpaired) electrons. The average Bonchev–Trinajstić information content (AvgIpc) is 2.43. The third kappa shape index (κ3) is 1.87. The third-order valence-corrected chi connectivity index (χ3v) is 5.37. The number of likely N-dealkylation sites (N-methyl/N-ethyl adjacent to an activating group) is 1. The van der Waals surface area contributed by atoms with E-state index in [1.54, 1.807) is 0 Å². The number of nitrogens with zero attached hydrogens (tertiary/aromatic N) is 1. The van der Waals surface area contributed by atoms with Gasteiger partial charge < -0.3 is 10.0 Å². The van der Waals surface area contributed by atoms with E-state index in [1.807, 2.05) is 24.9 Å². The second-order valence-corrected chi connectivity index (χ2v) is 6.57. The first-order valence-corrected chi connectivity index (χ1v) is 7.50. The molecular formula is C17H23NO2. The van der Waals surface area contributed by atoms with Crippen LogP contribution >= 0.6 is 0 Å². The molecule has 3 heteroatoms. The lowest BCUT2D eigenvalue weighted by molar-refractivity contribution is -0.138. The summed E-state index contributed by atoms with van der Waals surface area (Å²) >= 11 is 0. The smallest absolute Gasteiger partial charge is 0.222 e. The highest BCUT2D eigenvalue weighted by Gasteiger charge is 2.46. The summed E-state index contributed by atoms with van der Waals surface area (Å²) in [5.74, 6) is 0.275. The molecule has 1 fully saturated rings. The van der Waals surface area contributed by atoms with Crippen molar-refractivity contribution in [2.75, 3.05) is 7.05 Å². The molecular weight excluding hydrogens is 250 g/mol. The molecule has 108 valence electrons. The van der Waals surface area contributed by atoms with Crippen LogP contribution in [-0.2, 0) is 16.6 Å². The quantitative estimate of drug-likeness (QED) is 0.854. The van der Waals surface area contributed by atoms with E-state index >= 15 is 0 Å². The van der Waals surface area contributed by atoms with Gasteiger partial charge in [0.1, 0.15) is 0 Å². The Morgan fingerprint density at radius 3 is 2.85 bits per heavy atom. The first-order valence-electron chi connectivity index (χ1n) is 7.50. The molecule has 1 aliphatic heterocycles. The number of carbonyl (C=O) groups is 1. The van der Waals surface area contributed by atoms with Gasteiger partial charge in [-0.1, -0.05) is 25.1 Å². The fourth-order valence-electron chi connectivity index (χ4n) is 4.07. The minimum Gasteiger partial charge on any atom is -0.389 e. The SMILES string of the molecule is C[C@H](O)c1ccc2c(c1)CC[C@H]1N(C)C(=O)CC[C@]21C. The Kier molecular flexibility index (Phi) is 3.13. The number of carbonyl (C=O) groups excluding carboxylic acids is 1. The Morgan fingerprint density at radius 1 is 1.40 bits per heavy atom. The number of piperidine rings is 1. The molecule has 1 heterocycles. The molecule has 1 aromatic carbocycles. The largest absolute Gasteiger partial charge is 0.389 e. The molecule has 2 aliphatic rings. The van der Waals surface area contributed by atoms with E-state index in [-0.39, 0.29) is 11.3 Å². The molecule has 1 saturated heterocycles. The van der Waals surface area contributed by atoms with Gasteiger partial charge in [-0.2, -0.15) is 0 Å². The first kappa shape index (κ1) is 13.6. The fourth-order valence-corrected chi connectivity index (χ4v) is 4.07. The normalized spacial score (nSPS) is 30.7. The van der Waals surface area contributed by atoms with Crippen LogP contribution in [-0.4, -0.2) is 29.0 Å². The fraction of sp³-hybridized carbons (Fsp3) is 0.588. The van der Waals surface area contributed by atoms with Crippen molar-refractivity contribution in [2.45, 2.75) is 57.1 Å². The standard InChI is InChI=1S/C17H23NO2/c1-11(19)12-4-6-14-13(10-12)5-7-15-17(14,2)9-8-16(20)18(15)3/h4,6,10-11,15,19H,5,7-9H2,1-3H3/t11-,15+,17+/m0/s1. The van der Waals surface area contributed by atoms with Gasteiger partial charge in [0.05, 0.1) is 6.10 Å². The molecule has 3 nitrogen and oxygen atoms in total. The monoisotopic (exact) mass is 273 g/mol. The summed E-state index contributed by atoms with van der Waals surface area (Å²) in [6.07, 6.45) is 3.17. The molecule has 3 atom stereocenters. The van der Waals surface area contributed by atoms with Crippen LogP contribution in [0.15, 0.2) is 18.2 Å². The van der Waals surface area contributed by atoms with Gasteiger partial charge in [0.25, 0.3) is 0 Å². The van der Waals surface area contributed by atoms with Crippen LogP contribution in [0.4, 0.5) is 0 Å². The minimum absolute atomic E-state index is 0.0630. The molecule has 1 aliphatic carbocycles. The molecule has 1 amide bonds. The Morgan fingerprint density at radius 2 is 2.15 bits per heavy atom. The van der Waals surface area contributed by atoms with Crippen LogP contribution in [0.3, 0.4) is 0 Å². The Balaban J connectivity index is 2.04. The Hall–Kier alpha value is -1.35. The molecule has 0 unspecified atom stereocenters. The summed E-state index contributed by atoms with van der Waals surface area (Å²) in [6.45, 7) is 4.10. The lowest BCUT2D eigenvalue weighted by atomic mass is 9.63. The van der Waals surface area contributed by atoms with Crippen molar-refractivity contribution >= 4 is 5.91 Å². The van der Waals surface area contributed by atoms with Gasteiger partial charge in [-0.15, -0.1) is 0 Å². The maximum absolute atomic E-state index is 11.9. The second-order valence-electron chi connectivity index (χ2n) is 6.57. The average molecular weight is 273 g/mol. The molecule has 0 aromatic heterocycles. The number of aliphatic hydroxyl groups excluding tert-OH is 1. The highest BCUT2D eigenvalue weighted by Crippen LogP contribution is 2.45. The van der Waals surface area contributed by atoms with Crippen LogP contribution in [0.25, 0.3) is 0 Å². The summed E-state index contributed by atoms with van der Waals surface area (Å²) in [4.78, 5) is 13.9. The maximum atomic E-state index is 11.9. The van der Waals surface area contributed by atoms with E-state index in [0.29, 0.717) is 12.5 Å². The Labute approximate surface area is 120 Å². The predicted molar refractivity (Wildman–Crippen MR) is 78.5 cm³/mol. The Bertz CT molecular complexity index is 552. The predicted octanol–water partition coefficient (Wildman–Crippen LogP) is 2.56. The first-order chi connectivity index (χ1) is 9.43. The summed E-state index contributed by atoms with van der Waals surface area (Å²) in [5.41, 5.74) is 3.78. The van der Waals surface area contributed by atoms with E-state index < -0.39 is 6.10 Å². The number of fused-ring (bicyclic) bond motifs is 3. The number of hydrogen-bond acceptors (Lipinski definition) is 2. The summed E-state index contributed by atoms with van der Waals surface area (Å²) in [7, 11) is 1.94. The maximum Gasteiger partial charge on any atom is 0.222 e. The van der Waals surface area contributed by atoms with Gasteiger partial charge in [0.15, 0.2) is 0 Å². The van der Waals surface area contributed by atoms with Crippen molar-refractivity contribution in [3.8, 4) is 0 Å². The van der Waals surface area contributed by atoms with Crippen LogP contribution in [0.1, 0.15) is 55.9 Å². The van der Waals surface area contributed by atoms with Gasteiger partial charge in [0.2, 0.25) is 5.91 Å². The minimum atomic E-state index is -0.415. The van der Waals surface area contributed by atoms with Crippen LogP contribution in [0.2, 0.25) is 0 Å². The van der Waals surface area contributed by atoms with E-state index in [9.17, 15) is 9.90 Å². The van der Waals surface area contributed by atoms with E-state index in [2.05, 4.69) is 19.1 Å². The topological polar surface area (TPSA) is 40.5 Å². The molecule has 1 aromatic rings. The van der Waals surface area contributed by atoms with Gasteiger partial charge in [-0.3, -0.25) is 4.79 Å². The highest BCUT2D eigenvalue weighted by atomic mass is 16.3. The molecule has 0 spiro atoms. The summed E-state index contributed by atoms with van der Waals surface area (Å²) in [6, 6.07) is 6.67. The van der Waals surface area contributed by atoms with Crippen molar-refractivity contribution in [1.82, 2.24) is 4.90 Å². The molecule has 1 N–H and O–H groups in total. The van der Waals surface area contributed by atoms with Gasteiger partial charge in [0, 0.05) is 24.9 Å². The lowest BCUT2D eigenvalue weighted by Crippen LogP contribution is -2.56. The molecule has 0 bridgehead atoms. The second kappa shape index (κ2) is 4.59. The van der Waals surface area contributed by atoms with Crippen LogP contribution < -0.4 is 0 Å². The van der Waals surface area contributed by atoms with E-state index in [1.165, 1.54) is 11.1 Å². The third-order valence-electron chi connectivity index (χ3n) is 5.37. The van der Waals surface area contributed by atoms with E-state index in [4.69, 9.17) is 0 Å². The number of rotatable bonds is 1. The zero-order valence-corrected chi connectivity index (χ0v) is 12.5. The van der Waals surface area contributed by atoms with Crippen LogP contribution in [0, 0.1) is 0 Å². The van der Waals surface area contributed by atoms with Crippen molar-refractivity contribution in [3.05, 3.63) is 34.9 Å². The number of likely N-dealkylation sites (tertiary alicyclic amines) is 1. The van der Waals surface area contributed by atoms with Crippen LogP contribution in [0.5, 0.6) is 0 Å². The number of benzene rings is 1. The number of aliphatic hydroxyl groups is 1. The van der Waals surface area contributed by atoms with Gasteiger partial charge in [-0.05, 0) is 42.9 Å². The molecule has 0 saturated carbocycles.